The fourth-order valence-electron chi connectivity index (χ4n) is 2.13. The maximum Gasteiger partial charge on any atom is 0.137 e. The molecule has 1 aromatic rings. The number of benzene rings is 1. The summed E-state index contributed by atoms with van der Waals surface area (Å²) in [5.41, 5.74) is 0. The van der Waals surface area contributed by atoms with Gasteiger partial charge in [0, 0.05) is 6.07 Å². The van der Waals surface area contributed by atoms with Crippen LogP contribution in [-0.2, 0) is 0 Å². The van der Waals surface area contributed by atoms with Crippen LogP contribution >= 0.6 is 12.6 Å². The largest absolute Gasteiger partial charge is 0.494 e. The highest BCUT2D eigenvalue weighted by molar-refractivity contribution is 7.80. The van der Waals surface area contributed by atoms with E-state index >= 15 is 0 Å². The summed E-state index contributed by atoms with van der Waals surface area (Å²) in [5, 5.41) is 0. The topological polar surface area (TPSA) is 18.5 Å². The molecule has 0 fully saturated rings. The van der Waals surface area contributed by atoms with Crippen molar-refractivity contribution in [3.05, 3.63) is 18.2 Å². The Morgan fingerprint density at radius 3 is 2.00 bits per heavy atom. The second-order valence-electron chi connectivity index (χ2n) is 5.43. The van der Waals surface area contributed by atoms with Crippen molar-refractivity contribution in [3.63, 3.8) is 0 Å². The first kappa shape index (κ1) is 18.1. The average Bonchev–Trinajstić information content (AvgIpc) is 2.48. The molecule has 0 saturated heterocycles. The molecule has 0 amide bonds. The third-order valence-corrected chi connectivity index (χ3v) is 3.76. The molecule has 0 aliphatic rings. The van der Waals surface area contributed by atoms with E-state index in [1.807, 2.05) is 18.2 Å². The molecule has 0 bridgehead atoms. The van der Waals surface area contributed by atoms with Crippen LogP contribution in [0.1, 0.15) is 65.2 Å². The molecule has 3 heteroatoms. The highest BCUT2D eigenvalue weighted by Crippen LogP contribution is 2.27. The molecule has 1 radical (unpaired) electrons. The van der Waals surface area contributed by atoms with Crippen molar-refractivity contribution in [1.29, 1.82) is 0 Å². The zero-order valence-corrected chi connectivity index (χ0v) is 14.3. The molecule has 1 rings (SSSR count). The summed E-state index contributed by atoms with van der Waals surface area (Å²) in [5.74, 6) is 1.66. The van der Waals surface area contributed by atoms with Gasteiger partial charge in [0.2, 0.25) is 0 Å². The minimum Gasteiger partial charge on any atom is -0.494 e. The molecule has 0 aromatic heterocycles. The standard InChI is InChI=1S/C18H29O2S/c1-3-5-7-9-13-19-16-11-12-17(18(21)15-16)20-14-10-8-6-4-2/h11-12,15H,3-10,13-14H2,1-2H3. The molecule has 0 atom stereocenters. The van der Waals surface area contributed by atoms with Crippen molar-refractivity contribution >= 4 is 12.6 Å². The average molecular weight is 309 g/mol. The number of hydrogen-bond donors (Lipinski definition) is 0. The molecule has 21 heavy (non-hydrogen) atoms. The maximum atomic E-state index is 5.74. The van der Waals surface area contributed by atoms with Gasteiger partial charge in [-0.25, -0.2) is 0 Å². The Morgan fingerprint density at radius 2 is 1.43 bits per heavy atom. The van der Waals surface area contributed by atoms with E-state index in [0.29, 0.717) is 0 Å². The van der Waals surface area contributed by atoms with Crippen molar-refractivity contribution < 1.29 is 9.47 Å². The summed E-state index contributed by atoms with van der Waals surface area (Å²) in [4.78, 5) is 0.747. The van der Waals surface area contributed by atoms with E-state index in [9.17, 15) is 0 Å². The van der Waals surface area contributed by atoms with Crippen LogP contribution in [0, 0.1) is 0 Å². The quantitative estimate of drug-likeness (QED) is 0.430. The van der Waals surface area contributed by atoms with Crippen LogP contribution in [0.2, 0.25) is 0 Å². The first-order valence-corrected chi connectivity index (χ1v) is 8.75. The van der Waals surface area contributed by atoms with E-state index < -0.39 is 0 Å². The molecular weight excluding hydrogens is 280 g/mol. The number of hydrogen-bond acceptors (Lipinski definition) is 2. The zero-order chi connectivity index (χ0) is 15.3. The van der Waals surface area contributed by atoms with E-state index in [1.165, 1.54) is 38.5 Å². The maximum absolute atomic E-state index is 5.74. The summed E-state index contributed by atoms with van der Waals surface area (Å²) in [6.07, 6.45) is 9.71. The third kappa shape index (κ3) is 8.15. The van der Waals surface area contributed by atoms with E-state index in [1.54, 1.807) is 0 Å². The molecule has 1 aromatic carbocycles. The van der Waals surface area contributed by atoms with Crippen LogP contribution in [-0.4, -0.2) is 13.2 Å². The van der Waals surface area contributed by atoms with Gasteiger partial charge in [-0.15, -0.1) is 0 Å². The molecule has 0 spiro atoms. The molecule has 119 valence electrons. The predicted octanol–water partition coefficient (Wildman–Crippen LogP) is 6.16. The van der Waals surface area contributed by atoms with Crippen molar-refractivity contribution in [2.45, 2.75) is 70.1 Å². The van der Waals surface area contributed by atoms with Crippen molar-refractivity contribution in [1.82, 2.24) is 0 Å². The monoisotopic (exact) mass is 309 g/mol. The molecule has 2 nitrogen and oxygen atoms in total. The third-order valence-electron chi connectivity index (χ3n) is 3.44. The van der Waals surface area contributed by atoms with Gasteiger partial charge >= 0.3 is 0 Å². The fraction of sp³-hybridized carbons (Fsp3) is 0.667. The first-order chi connectivity index (χ1) is 10.3. The van der Waals surface area contributed by atoms with Gasteiger partial charge < -0.3 is 9.47 Å². The van der Waals surface area contributed by atoms with Crippen LogP contribution in [0.15, 0.2) is 23.1 Å². The summed E-state index contributed by atoms with van der Waals surface area (Å²) in [6, 6.07) is 5.79. The summed E-state index contributed by atoms with van der Waals surface area (Å²) in [7, 11) is 0. The Balaban J connectivity index is 2.27. The molecular formula is C18H29O2S. The SMILES string of the molecule is CCCCCCOc1ccc(OCCCCCC)c([S])c1. The highest BCUT2D eigenvalue weighted by atomic mass is 32.1. The van der Waals surface area contributed by atoms with Crippen LogP contribution in [0.4, 0.5) is 0 Å². The fourth-order valence-corrected chi connectivity index (χ4v) is 2.37. The Morgan fingerprint density at radius 1 is 0.810 bits per heavy atom. The lowest BCUT2D eigenvalue weighted by Crippen LogP contribution is -2.00. The Labute approximate surface area is 135 Å². The normalized spacial score (nSPS) is 10.6. The molecule has 0 N–H and O–H groups in total. The van der Waals surface area contributed by atoms with Gasteiger partial charge in [-0.05, 0) is 25.0 Å². The minimum atomic E-state index is 0.747. The van der Waals surface area contributed by atoms with Crippen LogP contribution in [0.25, 0.3) is 0 Å². The highest BCUT2D eigenvalue weighted by Gasteiger charge is 2.04. The van der Waals surface area contributed by atoms with Crippen molar-refractivity contribution in [3.8, 4) is 11.5 Å². The van der Waals surface area contributed by atoms with Gasteiger partial charge in [-0.2, -0.15) is 0 Å². The lowest BCUT2D eigenvalue weighted by Gasteiger charge is -2.10. The summed E-state index contributed by atoms with van der Waals surface area (Å²) < 4.78 is 11.5. The number of ether oxygens (including phenoxy) is 2. The van der Waals surface area contributed by atoms with Gasteiger partial charge in [0.25, 0.3) is 0 Å². The smallest absolute Gasteiger partial charge is 0.137 e. The van der Waals surface area contributed by atoms with Crippen molar-refractivity contribution in [2.75, 3.05) is 13.2 Å². The molecule has 0 aliphatic heterocycles. The second kappa shape index (κ2) is 11.7. The van der Waals surface area contributed by atoms with E-state index in [-0.39, 0.29) is 0 Å². The Hall–Kier alpha value is -0.960. The minimum absolute atomic E-state index is 0.747. The second-order valence-corrected chi connectivity index (χ2v) is 5.87. The van der Waals surface area contributed by atoms with Crippen LogP contribution in [0.5, 0.6) is 11.5 Å². The molecule has 0 unspecified atom stereocenters. The Bertz CT molecular complexity index is 379. The van der Waals surface area contributed by atoms with Crippen molar-refractivity contribution in [2.24, 2.45) is 0 Å². The molecule has 0 saturated carbocycles. The van der Waals surface area contributed by atoms with Gasteiger partial charge in [0.1, 0.15) is 11.5 Å². The Kier molecular flexibility index (Phi) is 10.1. The summed E-state index contributed by atoms with van der Waals surface area (Å²) >= 11 is 5.36. The molecule has 0 heterocycles. The van der Waals surface area contributed by atoms with E-state index in [2.05, 4.69) is 13.8 Å². The van der Waals surface area contributed by atoms with Gasteiger partial charge in [0.05, 0.1) is 18.1 Å². The number of rotatable bonds is 12. The zero-order valence-electron chi connectivity index (χ0n) is 13.5. The van der Waals surface area contributed by atoms with Crippen LogP contribution in [0.3, 0.4) is 0 Å². The lowest BCUT2D eigenvalue weighted by molar-refractivity contribution is 0.291. The predicted molar refractivity (Wildman–Crippen MR) is 91.6 cm³/mol. The van der Waals surface area contributed by atoms with Crippen LogP contribution < -0.4 is 9.47 Å². The van der Waals surface area contributed by atoms with Gasteiger partial charge in [-0.3, -0.25) is 0 Å². The summed E-state index contributed by atoms with van der Waals surface area (Å²) in [6.45, 7) is 5.95. The van der Waals surface area contributed by atoms with E-state index in [0.717, 1.165) is 42.4 Å². The van der Waals surface area contributed by atoms with Gasteiger partial charge in [-0.1, -0.05) is 65.0 Å². The van der Waals surface area contributed by atoms with E-state index in [4.69, 9.17) is 22.1 Å². The van der Waals surface area contributed by atoms with Gasteiger partial charge in [0.15, 0.2) is 0 Å². The lowest BCUT2D eigenvalue weighted by atomic mass is 10.2. The molecule has 0 aliphatic carbocycles. The number of unbranched alkanes of at least 4 members (excludes halogenated alkanes) is 6. The first-order valence-electron chi connectivity index (χ1n) is 8.34.